The topological polar surface area (TPSA) is 67.8 Å². The fraction of sp³-hybridized carbons (Fsp3) is 0.333. The maximum atomic E-state index is 11.8. The lowest BCUT2D eigenvalue weighted by atomic mass is 10.1. The minimum Gasteiger partial charge on any atom is -0.383 e. The first-order valence-electron chi connectivity index (χ1n) is 5.15. The lowest BCUT2D eigenvalue weighted by Crippen LogP contribution is -2.27. The summed E-state index contributed by atoms with van der Waals surface area (Å²) in [6.07, 6.45) is 1.47. The highest BCUT2D eigenvalue weighted by atomic mass is 16.5. The first-order chi connectivity index (χ1) is 8.20. The number of methoxy groups -OCH3 is 1. The number of hydrogen-bond acceptors (Lipinski definition) is 4. The van der Waals surface area contributed by atoms with E-state index in [0.29, 0.717) is 30.0 Å². The maximum absolute atomic E-state index is 11.8. The normalized spacial score (nSPS) is 9.53. The summed E-state index contributed by atoms with van der Waals surface area (Å²) in [5, 5.41) is 2.71. The molecule has 0 unspecified atom stereocenters. The van der Waals surface area contributed by atoms with Gasteiger partial charge in [-0.1, -0.05) is 6.07 Å². The number of isocyanates is 1. The SMILES string of the molecule is COCCNC(=O)c1cccc(N=C=O)c1C. The van der Waals surface area contributed by atoms with Crippen LogP contribution in [0.5, 0.6) is 0 Å². The Kier molecular flexibility index (Phi) is 5.07. The van der Waals surface area contributed by atoms with Crippen LogP contribution in [0.3, 0.4) is 0 Å². The maximum Gasteiger partial charge on any atom is 0.251 e. The fourth-order valence-electron chi connectivity index (χ4n) is 1.40. The van der Waals surface area contributed by atoms with Crippen molar-refractivity contribution in [3.63, 3.8) is 0 Å². The van der Waals surface area contributed by atoms with Crippen molar-refractivity contribution in [2.45, 2.75) is 6.92 Å². The zero-order valence-corrected chi connectivity index (χ0v) is 9.82. The van der Waals surface area contributed by atoms with Gasteiger partial charge in [0.05, 0.1) is 12.3 Å². The Morgan fingerprint density at radius 3 is 2.94 bits per heavy atom. The molecule has 1 rings (SSSR count). The zero-order valence-electron chi connectivity index (χ0n) is 9.82. The van der Waals surface area contributed by atoms with Gasteiger partial charge in [0.25, 0.3) is 5.91 Å². The van der Waals surface area contributed by atoms with Crippen molar-refractivity contribution in [1.29, 1.82) is 0 Å². The molecule has 5 nitrogen and oxygen atoms in total. The van der Waals surface area contributed by atoms with Gasteiger partial charge >= 0.3 is 0 Å². The molecule has 0 radical (unpaired) electrons. The minimum absolute atomic E-state index is 0.206. The highest BCUT2D eigenvalue weighted by Gasteiger charge is 2.10. The van der Waals surface area contributed by atoms with Crippen LogP contribution < -0.4 is 5.32 Å². The molecule has 1 N–H and O–H groups in total. The second kappa shape index (κ2) is 6.58. The Bertz CT molecular complexity index is 451. The van der Waals surface area contributed by atoms with Gasteiger partial charge in [-0.3, -0.25) is 4.79 Å². The molecule has 0 saturated heterocycles. The standard InChI is InChI=1S/C12H14N2O3/c1-9-10(12(16)13-6-7-17-2)4-3-5-11(9)14-8-15/h3-5H,6-7H2,1-2H3,(H,13,16). The van der Waals surface area contributed by atoms with Crippen molar-refractivity contribution in [1.82, 2.24) is 5.32 Å². The molecule has 0 aliphatic heterocycles. The lowest BCUT2D eigenvalue weighted by Gasteiger charge is -2.08. The van der Waals surface area contributed by atoms with Crippen LogP contribution in [0.2, 0.25) is 0 Å². The predicted molar refractivity (Wildman–Crippen MR) is 63.2 cm³/mol. The van der Waals surface area contributed by atoms with Crippen molar-refractivity contribution < 1.29 is 14.3 Å². The van der Waals surface area contributed by atoms with Gasteiger partial charge in [0, 0.05) is 19.2 Å². The minimum atomic E-state index is -0.206. The Morgan fingerprint density at radius 2 is 2.29 bits per heavy atom. The second-order valence-electron chi connectivity index (χ2n) is 3.40. The predicted octanol–water partition coefficient (Wildman–Crippen LogP) is 1.34. The summed E-state index contributed by atoms with van der Waals surface area (Å²) < 4.78 is 4.84. The summed E-state index contributed by atoms with van der Waals surface area (Å²) in [7, 11) is 1.57. The van der Waals surface area contributed by atoms with Crippen molar-refractivity contribution >= 4 is 17.7 Å². The van der Waals surface area contributed by atoms with Crippen LogP contribution in [0.25, 0.3) is 0 Å². The number of nitrogens with one attached hydrogen (secondary N) is 1. The van der Waals surface area contributed by atoms with Crippen molar-refractivity contribution in [2.24, 2.45) is 4.99 Å². The number of hydrogen-bond donors (Lipinski definition) is 1. The number of rotatable bonds is 5. The number of amides is 1. The van der Waals surface area contributed by atoms with Crippen LogP contribution in [-0.2, 0) is 9.53 Å². The van der Waals surface area contributed by atoms with Gasteiger partial charge in [-0.25, -0.2) is 4.79 Å². The van der Waals surface area contributed by atoms with Gasteiger partial charge in [0.15, 0.2) is 0 Å². The third-order valence-corrected chi connectivity index (χ3v) is 2.31. The number of nitrogens with zero attached hydrogens (tertiary/aromatic N) is 1. The molecule has 0 bridgehead atoms. The van der Waals surface area contributed by atoms with E-state index < -0.39 is 0 Å². The van der Waals surface area contributed by atoms with Crippen LogP contribution in [0.1, 0.15) is 15.9 Å². The first-order valence-corrected chi connectivity index (χ1v) is 5.15. The third kappa shape index (κ3) is 3.52. The quantitative estimate of drug-likeness (QED) is 0.475. The summed E-state index contributed by atoms with van der Waals surface area (Å²) in [5.41, 5.74) is 1.61. The Labute approximate surface area is 99.5 Å². The summed E-state index contributed by atoms with van der Waals surface area (Å²) in [6.45, 7) is 2.63. The lowest BCUT2D eigenvalue weighted by molar-refractivity contribution is 0.0936. The van der Waals surface area contributed by atoms with E-state index in [1.165, 1.54) is 6.08 Å². The van der Waals surface area contributed by atoms with Crippen LogP contribution in [-0.4, -0.2) is 32.2 Å². The molecule has 0 saturated carbocycles. The van der Waals surface area contributed by atoms with E-state index in [9.17, 15) is 9.59 Å². The van der Waals surface area contributed by atoms with Gasteiger partial charge in [-0.05, 0) is 24.6 Å². The Hall–Kier alpha value is -1.97. The highest BCUT2D eigenvalue weighted by Crippen LogP contribution is 2.21. The molecular formula is C12H14N2O3. The molecule has 0 atom stereocenters. The number of ether oxygens (including phenoxy) is 1. The molecule has 0 aromatic heterocycles. The highest BCUT2D eigenvalue weighted by molar-refractivity contribution is 5.96. The molecule has 1 aromatic rings. The zero-order chi connectivity index (χ0) is 12.7. The van der Waals surface area contributed by atoms with E-state index in [2.05, 4.69) is 10.3 Å². The van der Waals surface area contributed by atoms with Crippen LogP contribution in [0.15, 0.2) is 23.2 Å². The molecule has 0 aliphatic rings. The molecule has 17 heavy (non-hydrogen) atoms. The molecule has 0 aliphatic carbocycles. The fourth-order valence-corrected chi connectivity index (χ4v) is 1.40. The van der Waals surface area contributed by atoms with E-state index in [1.807, 2.05) is 0 Å². The summed E-state index contributed by atoms with van der Waals surface area (Å²) >= 11 is 0. The number of aliphatic imine (C=N–C) groups is 1. The van der Waals surface area contributed by atoms with Crippen molar-refractivity contribution in [2.75, 3.05) is 20.3 Å². The van der Waals surface area contributed by atoms with Gasteiger partial charge < -0.3 is 10.1 Å². The van der Waals surface area contributed by atoms with Crippen molar-refractivity contribution in [3.8, 4) is 0 Å². The van der Waals surface area contributed by atoms with E-state index in [1.54, 1.807) is 32.2 Å². The number of benzene rings is 1. The molecule has 0 spiro atoms. The van der Waals surface area contributed by atoms with E-state index in [-0.39, 0.29) is 5.91 Å². The Balaban J connectivity index is 2.86. The molecule has 90 valence electrons. The third-order valence-electron chi connectivity index (χ3n) is 2.31. The van der Waals surface area contributed by atoms with Gasteiger partial charge in [0.2, 0.25) is 6.08 Å². The first kappa shape index (κ1) is 13.1. The van der Waals surface area contributed by atoms with Crippen LogP contribution in [0.4, 0.5) is 5.69 Å². The molecule has 1 aromatic carbocycles. The average Bonchev–Trinajstić information content (AvgIpc) is 2.32. The van der Waals surface area contributed by atoms with Crippen LogP contribution >= 0.6 is 0 Å². The van der Waals surface area contributed by atoms with Gasteiger partial charge in [-0.2, -0.15) is 4.99 Å². The van der Waals surface area contributed by atoms with Crippen molar-refractivity contribution in [3.05, 3.63) is 29.3 Å². The van der Waals surface area contributed by atoms with Gasteiger partial charge in [0.1, 0.15) is 0 Å². The van der Waals surface area contributed by atoms with E-state index >= 15 is 0 Å². The largest absolute Gasteiger partial charge is 0.383 e. The Morgan fingerprint density at radius 1 is 1.53 bits per heavy atom. The average molecular weight is 234 g/mol. The molecular weight excluding hydrogens is 220 g/mol. The molecule has 0 heterocycles. The number of carbonyl (C=O) groups is 1. The van der Waals surface area contributed by atoms with Crippen LogP contribution in [0, 0.1) is 6.92 Å². The second-order valence-corrected chi connectivity index (χ2v) is 3.40. The van der Waals surface area contributed by atoms with E-state index in [0.717, 1.165) is 0 Å². The summed E-state index contributed by atoms with van der Waals surface area (Å²) in [4.78, 5) is 25.5. The molecule has 5 heteroatoms. The monoisotopic (exact) mass is 234 g/mol. The van der Waals surface area contributed by atoms with Gasteiger partial charge in [-0.15, -0.1) is 0 Å². The smallest absolute Gasteiger partial charge is 0.251 e. The number of carbonyl (C=O) groups excluding carboxylic acids is 2. The summed E-state index contributed by atoms with van der Waals surface area (Å²) in [6, 6.07) is 5.02. The summed E-state index contributed by atoms with van der Waals surface area (Å²) in [5.74, 6) is -0.206. The van der Waals surface area contributed by atoms with E-state index in [4.69, 9.17) is 4.74 Å². The molecule has 0 fully saturated rings. The molecule has 1 amide bonds.